The molecule has 1 heterocycles. The fourth-order valence-corrected chi connectivity index (χ4v) is 2.37. The van der Waals surface area contributed by atoms with Gasteiger partial charge in [0, 0.05) is 18.6 Å². The molecule has 0 aromatic heterocycles. The van der Waals surface area contributed by atoms with Gasteiger partial charge in [0.15, 0.2) is 0 Å². The van der Waals surface area contributed by atoms with E-state index in [-0.39, 0.29) is 5.91 Å². The van der Waals surface area contributed by atoms with Crippen LogP contribution in [0.4, 0.5) is 0 Å². The first kappa shape index (κ1) is 12.8. The molecule has 1 fully saturated rings. The Morgan fingerprint density at radius 1 is 1.60 bits per heavy atom. The van der Waals surface area contributed by atoms with Crippen LogP contribution in [0, 0.1) is 0 Å². The van der Waals surface area contributed by atoms with E-state index in [2.05, 4.69) is 19.2 Å². The number of thioether (sulfide) groups is 1. The summed E-state index contributed by atoms with van der Waals surface area (Å²) in [5.74, 6) is 0.872. The molecule has 0 aromatic carbocycles. The fourth-order valence-electron chi connectivity index (χ4n) is 1.96. The van der Waals surface area contributed by atoms with Gasteiger partial charge in [-0.2, -0.15) is 11.8 Å². The first-order valence-corrected chi connectivity index (χ1v) is 7.06. The zero-order chi connectivity index (χ0) is 11.3. The molecule has 0 radical (unpaired) electrons. The summed E-state index contributed by atoms with van der Waals surface area (Å²) in [5.41, 5.74) is 0. The van der Waals surface area contributed by atoms with Gasteiger partial charge in [-0.15, -0.1) is 0 Å². The van der Waals surface area contributed by atoms with Crippen LogP contribution in [-0.2, 0) is 4.79 Å². The summed E-state index contributed by atoms with van der Waals surface area (Å²) >= 11 is 1.60. The van der Waals surface area contributed by atoms with Gasteiger partial charge in [-0.25, -0.2) is 0 Å². The number of carbonyl (C=O) groups excluding carboxylic acids is 1. The molecule has 1 amide bonds. The van der Waals surface area contributed by atoms with E-state index >= 15 is 0 Å². The summed E-state index contributed by atoms with van der Waals surface area (Å²) in [6.07, 6.45) is 4.42. The van der Waals surface area contributed by atoms with Gasteiger partial charge in [0.05, 0.1) is 5.75 Å². The van der Waals surface area contributed by atoms with Crippen molar-refractivity contribution in [1.82, 2.24) is 10.2 Å². The highest BCUT2D eigenvalue weighted by Crippen LogP contribution is 2.10. The quantitative estimate of drug-likeness (QED) is 0.773. The Labute approximate surface area is 97.0 Å². The minimum atomic E-state index is 0.270. The molecule has 3 nitrogen and oxygen atoms in total. The number of nitrogens with one attached hydrogen (secondary N) is 1. The van der Waals surface area contributed by atoms with Crippen molar-refractivity contribution in [1.29, 1.82) is 0 Å². The Morgan fingerprint density at radius 2 is 2.33 bits per heavy atom. The highest BCUT2D eigenvalue weighted by atomic mass is 32.2. The number of nitrogens with zero attached hydrogens (tertiary/aromatic N) is 1. The van der Waals surface area contributed by atoms with E-state index in [1.54, 1.807) is 11.8 Å². The Balaban J connectivity index is 2.45. The minimum Gasteiger partial charge on any atom is -0.338 e. The fraction of sp³-hybridized carbons (Fsp3) is 0.909. The average molecular weight is 230 g/mol. The van der Waals surface area contributed by atoms with E-state index in [0.717, 1.165) is 13.1 Å². The molecule has 0 spiro atoms. The lowest BCUT2D eigenvalue weighted by molar-refractivity contribution is -0.130. The molecule has 1 unspecified atom stereocenters. The second-order valence-electron chi connectivity index (χ2n) is 4.37. The summed E-state index contributed by atoms with van der Waals surface area (Å²) in [6.45, 7) is 6.16. The molecular weight excluding hydrogens is 208 g/mol. The van der Waals surface area contributed by atoms with E-state index in [4.69, 9.17) is 0 Å². The maximum absolute atomic E-state index is 11.8. The highest BCUT2D eigenvalue weighted by molar-refractivity contribution is 7.99. The van der Waals surface area contributed by atoms with Gasteiger partial charge in [0.2, 0.25) is 5.91 Å². The Morgan fingerprint density at radius 3 is 2.80 bits per heavy atom. The molecule has 1 aliphatic heterocycles. The first-order chi connectivity index (χ1) is 7.15. The molecule has 0 bridgehead atoms. The highest BCUT2D eigenvalue weighted by Gasteiger charge is 2.22. The lowest BCUT2D eigenvalue weighted by atomic mass is 10.2. The zero-order valence-corrected chi connectivity index (χ0v) is 10.8. The monoisotopic (exact) mass is 230 g/mol. The Hall–Kier alpha value is -0.220. The van der Waals surface area contributed by atoms with Gasteiger partial charge in [0.1, 0.15) is 0 Å². The van der Waals surface area contributed by atoms with Crippen LogP contribution in [0.5, 0.6) is 0 Å². The summed E-state index contributed by atoms with van der Waals surface area (Å²) in [7, 11) is 0. The van der Waals surface area contributed by atoms with Crippen molar-refractivity contribution >= 4 is 17.7 Å². The zero-order valence-electron chi connectivity index (χ0n) is 9.95. The van der Waals surface area contributed by atoms with Crippen LogP contribution in [0.15, 0.2) is 0 Å². The summed E-state index contributed by atoms with van der Waals surface area (Å²) in [6, 6.07) is 0.824. The van der Waals surface area contributed by atoms with Crippen LogP contribution in [-0.4, -0.2) is 48.0 Å². The smallest absolute Gasteiger partial charge is 0.232 e. The van der Waals surface area contributed by atoms with Crippen molar-refractivity contribution in [2.75, 3.05) is 25.1 Å². The van der Waals surface area contributed by atoms with Gasteiger partial charge in [-0.05, 0) is 39.5 Å². The molecule has 1 saturated heterocycles. The van der Waals surface area contributed by atoms with Crippen molar-refractivity contribution in [3.63, 3.8) is 0 Å². The largest absolute Gasteiger partial charge is 0.338 e. The predicted octanol–water partition coefficient (Wildman–Crippen LogP) is 1.34. The van der Waals surface area contributed by atoms with Crippen molar-refractivity contribution in [2.45, 2.75) is 38.8 Å². The molecule has 1 N–H and O–H groups in total. The number of hydrogen-bond donors (Lipinski definition) is 1. The molecule has 1 atom stereocenters. The molecule has 1 rings (SSSR count). The molecule has 4 heteroatoms. The van der Waals surface area contributed by atoms with Crippen molar-refractivity contribution in [3.8, 4) is 0 Å². The van der Waals surface area contributed by atoms with E-state index in [1.807, 2.05) is 11.2 Å². The van der Waals surface area contributed by atoms with Crippen LogP contribution in [0.2, 0.25) is 0 Å². The maximum atomic E-state index is 11.8. The van der Waals surface area contributed by atoms with Crippen LogP contribution in [0.1, 0.15) is 26.7 Å². The number of carbonyl (C=O) groups is 1. The van der Waals surface area contributed by atoms with Crippen LogP contribution in [0.25, 0.3) is 0 Å². The molecule has 15 heavy (non-hydrogen) atoms. The molecule has 0 aliphatic carbocycles. The van der Waals surface area contributed by atoms with E-state index in [0.29, 0.717) is 17.8 Å². The third kappa shape index (κ3) is 4.03. The second-order valence-corrected chi connectivity index (χ2v) is 5.23. The third-order valence-electron chi connectivity index (χ3n) is 2.79. The van der Waals surface area contributed by atoms with E-state index in [9.17, 15) is 4.79 Å². The first-order valence-electron chi connectivity index (χ1n) is 5.67. The molecule has 0 saturated carbocycles. The third-order valence-corrected chi connectivity index (χ3v) is 3.33. The van der Waals surface area contributed by atoms with Crippen LogP contribution in [0.3, 0.4) is 0 Å². The summed E-state index contributed by atoms with van der Waals surface area (Å²) in [5, 5.41) is 3.44. The van der Waals surface area contributed by atoms with Gasteiger partial charge in [-0.3, -0.25) is 4.79 Å². The summed E-state index contributed by atoms with van der Waals surface area (Å²) < 4.78 is 0. The van der Waals surface area contributed by atoms with Crippen molar-refractivity contribution in [2.24, 2.45) is 0 Å². The molecule has 88 valence electrons. The maximum Gasteiger partial charge on any atom is 0.232 e. The van der Waals surface area contributed by atoms with Crippen LogP contribution >= 0.6 is 11.8 Å². The SMILES string of the molecule is CSCC(=O)N(CC1CCCN1)C(C)C. The van der Waals surface area contributed by atoms with Crippen molar-refractivity contribution in [3.05, 3.63) is 0 Å². The predicted molar refractivity (Wildman–Crippen MR) is 66.3 cm³/mol. The number of rotatable bonds is 5. The number of hydrogen-bond acceptors (Lipinski definition) is 3. The van der Waals surface area contributed by atoms with Gasteiger partial charge < -0.3 is 10.2 Å². The van der Waals surface area contributed by atoms with E-state index in [1.165, 1.54) is 12.8 Å². The van der Waals surface area contributed by atoms with Gasteiger partial charge in [0.25, 0.3) is 0 Å². The standard InChI is InChI=1S/C11H22N2OS/c1-9(2)13(11(14)8-15-3)7-10-5-4-6-12-10/h9-10,12H,4-8H2,1-3H3. The van der Waals surface area contributed by atoms with Gasteiger partial charge >= 0.3 is 0 Å². The summed E-state index contributed by atoms with van der Waals surface area (Å²) in [4.78, 5) is 13.8. The average Bonchev–Trinajstić information content (AvgIpc) is 2.66. The molecule has 1 aliphatic rings. The Kier molecular flexibility index (Phi) is 5.47. The number of amides is 1. The minimum absolute atomic E-state index is 0.270. The molecular formula is C11H22N2OS. The second kappa shape index (κ2) is 6.38. The Bertz CT molecular complexity index is 203. The van der Waals surface area contributed by atoms with Gasteiger partial charge in [-0.1, -0.05) is 0 Å². The van der Waals surface area contributed by atoms with Crippen molar-refractivity contribution < 1.29 is 4.79 Å². The topological polar surface area (TPSA) is 32.3 Å². The van der Waals surface area contributed by atoms with E-state index < -0.39 is 0 Å². The molecule has 0 aromatic rings. The van der Waals surface area contributed by atoms with Crippen LogP contribution < -0.4 is 5.32 Å². The normalized spacial score (nSPS) is 20.9. The lowest BCUT2D eigenvalue weighted by Gasteiger charge is -2.29. The lowest BCUT2D eigenvalue weighted by Crippen LogP contribution is -2.45.